The van der Waals surface area contributed by atoms with E-state index < -0.39 is 0 Å². The first-order valence-electron chi connectivity index (χ1n) is 5.79. The van der Waals surface area contributed by atoms with Crippen LogP contribution in [0.25, 0.3) is 10.2 Å². The lowest BCUT2D eigenvalue weighted by Crippen LogP contribution is -2.12. The molecule has 0 radical (unpaired) electrons. The van der Waals surface area contributed by atoms with Crippen LogP contribution in [0.4, 0.5) is 5.13 Å². The zero-order valence-corrected chi connectivity index (χ0v) is 12.1. The number of fused-ring (bicyclic) bond motifs is 1. The zero-order chi connectivity index (χ0) is 12.3. The molecule has 1 N–H and O–H groups in total. The van der Waals surface area contributed by atoms with Crippen molar-refractivity contribution in [3.05, 3.63) is 23.8 Å². The fourth-order valence-corrected chi connectivity index (χ4v) is 3.37. The highest BCUT2D eigenvalue weighted by atomic mass is 32.2. The van der Waals surface area contributed by atoms with Crippen molar-refractivity contribution < 1.29 is 0 Å². The second-order valence-electron chi connectivity index (χ2n) is 4.43. The second kappa shape index (κ2) is 5.74. The van der Waals surface area contributed by atoms with Crippen LogP contribution in [0.1, 0.15) is 12.5 Å². The Morgan fingerprint density at radius 2 is 2.29 bits per heavy atom. The summed E-state index contributed by atoms with van der Waals surface area (Å²) in [5, 5.41) is 4.47. The fraction of sp³-hybridized carbons (Fsp3) is 0.462. The standard InChI is InChI=1S/C13H18N2S2/c1-9-4-5-11-12(6-9)17-13(15-11)14-7-10(2)8-16-3/h4-6,10H,7-8H2,1-3H3,(H,14,15). The highest BCUT2D eigenvalue weighted by Gasteiger charge is 2.05. The van der Waals surface area contributed by atoms with Gasteiger partial charge in [0.25, 0.3) is 0 Å². The molecule has 2 nitrogen and oxygen atoms in total. The summed E-state index contributed by atoms with van der Waals surface area (Å²) in [7, 11) is 0. The highest BCUT2D eigenvalue weighted by molar-refractivity contribution is 7.98. The number of thioether (sulfide) groups is 1. The van der Waals surface area contributed by atoms with Gasteiger partial charge in [-0.25, -0.2) is 4.98 Å². The first-order valence-corrected chi connectivity index (χ1v) is 8.00. The maximum atomic E-state index is 4.59. The molecule has 1 heterocycles. The second-order valence-corrected chi connectivity index (χ2v) is 6.37. The molecule has 92 valence electrons. The number of anilines is 1. The SMILES string of the molecule is CSCC(C)CNc1nc2ccc(C)cc2s1. The van der Waals surface area contributed by atoms with Gasteiger partial charge in [0, 0.05) is 6.54 Å². The van der Waals surface area contributed by atoms with E-state index >= 15 is 0 Å². The quantitative estimate of drug-likeness (QED) is 0.885. The van der Waals surface area contributed by atoms with E-state index in [4.69, 9.17) is 0 Å². The average molecular weight is 266 g/mol. The lowest BCUT2D eigenvalue weighted by atomic mass is 10.2. The Labute approximate surface area is 111 Å². The van der Waals surface area contributed by atoms with Crippen molar-refractivity contribution in [3.63, 3.8) is 0 Å². The Bertz CT molecular complexity index is 493. The summed E-state index contributed by atoms with van der Waals surface area (Å²) in [6, 6.07) is 6.41. The van der Waals surface area contributed by atoms with Gasteiger partial charge in [0.15, 0.2) is 5.13 Å². The molecule has 1 unspecified atom stereocenters. The highest BCUT2D eigenvalue weighted by Crippen LogP contribution is 2.26. The fourth-order valence-electron chi connectivity index (χ4n) is 1.71. The summed E-state index contributed by atoms with van der Waals surface area (Å²) in [4.78, 5) is 4.59. The van der Waals surface area contributed by atoms with E-state index in [1.165, 1.54) is 16.0 Å². The number of thiazole rings is 1. The van der Waals surface area contributed by atoms with Crippen molar-refractivity contribution in [3.8, 4) is 0 Å². The van der Waals surface area contributed by atoms with Gasteiger partial charge in [0.2, 0.25) is 0 Å². The number of benzene rings is 1. The third kappa shape index (κ3) is 3.36. The van der Waals surface area contributed by atoms with Crippen molar-refractivity contribution in [1.82, 2.24) is 4.98 Å². The Kier molecular flexibility index (Phi) is 4.29. The molecule has 1 aromatic carbocycles. The molecule has 0 saturated heterocycles. The summed E-state index contributed by atoms with van der Waals surface area (Å²) in [5.74, 6) is 1.87. The molecule has 0 aliphatic carbocycles. The van der Waals surface area contributed by atoms with E-state index in [2.05, 4.69) is 48.6 Å². The van der Waals surface area contributed by atoms with Gasteiger partial charge in [-0.05, 0) is 42.5 Å². The summed E-state index contributed by atoms with van der Waals surface area (Å²) in [6.07, 6.45) is 2.15. The van der Waals surface area contributed by atoms with Crippen LogP contribution >= 0.6 is 23.1 Å². The minimum Gasteiger partial charge on any atom is -0.361 e. The summed E-state index contributed by atoms with van der Waals surface area (Å²) >= 11 is 3.64. The van der Waals surface area contributed by atoms with E-state index in [1.54, 1.807) is 11.3 Å². The average Bonchev–Trinajstić information content (AvgIpc) is 2.68. The molecule has 17 heavy (non-hydrogen) atoms. The van der Waals surface area contributed by atoms with Crippen LogP contribution in [0, 0.1) is 12.8 Å². The Hall–Kier alpha value is -0.740. The third-order valence-corrected chi connectivity index (χ3v) is 4.48. The summed E-state index contributed by atoms with van der Waals surface area (Å²) in [5.41, 5.74) is 2.39. The van der Waals surface area contributed by atoms with E-state index in [0.29, 0.717) is 5.92 Å². The molecule has 1 atom stereocenters. The smallest absolute Gasteiger partial charge is 0.183 e. The van der Waals surface area contributed by atoms with Gasteiger partial charge in [-0.2, -0.15) is 11.8 Å². The van der Waals surface area contributed by atoms with Gasteiger partial charge in [-0.3, -0.25) is 0 Å². The van der Waals surface area contributed by atoms with Crippen LogP contribution in [0.15, 0.2) is 18.2 Å². The molecule has 1 aromatic heterocycles. The Morgan fingerprint density at radius 1 is 1.47 bits per heavy atom. The zero-order valence-electron chi connectivity index (χ0n) is 10.5. The minimum atomic E-state index is 0.679. The number of nitrogens with zero attached hydrogens (tertiary/aromatic N) is 1. The van der Waals surface area contributed by atoms with Gasteiger partial charge in [-0.15, -0.1) is 0 Å². The van der Waals surface area contributed by atoms with Gasteiger partial charge in [0.05, 0.1) is 10.2 Å². The van der Waals surface area contributed by atoms with Crippen LogP contribution in [-0.4, -0.2) is 23.5 Å². The third-order valence-electron chi connectivity index (χ3n) is 2.60. The predicted octanol–water partition coefficient (Wildman–Crippen LogP) is 4.02. The lowest BCUT2D eigenvalue weighted by molar-refractivity contribution is 0.701. The number of rotatable bonds is 5. The van der Waals surface area contributed by atoms with Gasteiger partial charge in [0.1, 0.15) is 0 Å². The molecule has 4 heteroatoms. The predicted molar refractivity (Wildman–Crippen MR) is 80.4 cm³/mol. The summed E-state index contributed by atoms with van der Waals surface area (Å²) in [6.45, 7) is 5.38. The topological polar surface area (TPSA) is 24.9 Å². The number of aryl methyl sites for hydroxylation is 1. The Balaban J connectivity index is 2.04. The van der Waals surface area contributed by atoms with Crippen LogP contribution in [-0.2, 0) is 0 Å². The van der Waals surface area contributed by atoms with Crippen LogP contribution in [0.5, 0.6) is 0 Å². The van der Waals surface area contributed by atoms with Crippen molar-refractivity contribution in [2.75, 3.05) is 23.9 Å². The van der Waals surface area contributed by atoms with E-state index in [0.717, 1.165) is 17.2 Å². The van der Waals surface area contributed by atoms with E-state index in [-0.39, 0.29) is 0 Å². The molecule has 0 fully saturated rings. The first-order chi connectivity index (χ1) is 8.19. The maximum Gasteiger partial charge on any atom is 0.183 e. The normalized spacial score (nSPS) is 12.9. The van der Waals surface area contributed by atoms with Crippen LogP contribution < -0.4 is 5.32 Å². The number of aromatic nitrogens is 1. The Morgan fingerprint density at radius 3 is 3.06 bits per heavy atom. The molecule has 0 saturated carbocycles. The summed E-state index contributed by atoms with van der Waals surface area (Å²) < 4.78 is 1.27. The number of hydrogen-bond donors (Lipinski definition) is 1. The first kappa shape index (κ1) is 12.7. The largest absolute Gasteiger partial charge is 0.361 e. The van der Waals surface area contributed by atoms with Crippen molar-refractivity contribution >= 4 is 38.4 Å². The van der Waals surface area contributed by atoms with E-state index in [9.17, 15) is 0 Å². The lowest BCUT2D eigenvalue weighted by Gasteiger charge is -2.09. The number of hydrogen-bond acceptors (Lipinski definition) is 4. The van der Waals surface area contributed by atoms with Crippen LogP contribution in [0.3, 0.4) is 0 Å². The monoisotopic (exact) mass is 266 g/mol. The molecule has 2 aromatic rings. The minimum absolute atomic E-state index is 0.679. The van der Waals surface area contributed by atoms with Crippen molar-refractivity contribution in [2.45, 2.75) is 13.8 Å². The molecule has 0 spiro atoms. The molecule has 0 aliphatic rings. The molecule has 2 rings (SSSR count). The molecule has 0 aliphatic heterocycles. The van der Waals surface area contributed by atoms with Gasteiger partial charge >= 0.3 is 0 Å². The molecular weight excluding hydrogens is 248 g/mol. The van der Waals surface area contributed by atoms with Crippen LogP contribution in [0.2, 0.25) is 0 Å². The van der Waals surface area contributed by atoms with Gasteiger partial charge < -0.3 is 5.32 Å². The van der Waals surface area contributed by atoms with Gasteiger partial charge in [-0.1, -0.05) is 24.3 Å². The van der Waals surface area contributed by atoms with Crippen molar-refractivity contribution in [2.24, 2.45) is 5.92 Å². The van der Waals surface area contributed by atoms with Crippen molar-refractivity contribution in [1.29, 1.82) is 0 Å². The number of nitrogens with one attached hydrogen (secondary N) is 1. The molecule has 0 amide bonds. The van der Waals surface area contributed by atoms with E-state index in [1.807, 2.05) is 11.8 Å². The molecule has 0 bridgehead atoms. The maximum absolute atomic E-state index is 4.59. The molecular formula is C13H18N2S2.